The molecule has 54 valence electrons. The second-order valence-electron chi connectivity index (χ2n) is 2.64. The molecule has 1 aliphatic carbocycles. The van der Waals surface area contributed by atoms with Crippen LogP contribution in [0.1, 0.15) is 12.8 Å². The maximum atomic E-state index is 5.50. The first-order valence-corrected chi connectivity index (χ1v) is 3.76. The lowest BCUT2D eigenvalue weighted by Gasteiger charge is -2.24. The molecule has 2 heteroatoms. The molecule has 2 aliphatic rings. The van der Waals surface area contributed by atoms with Crippen molar-refractivity contribution in [3.8, 4) is 0 Å². The van der Waals surface area contributed by atoms with Gasteiger partial charge in [-0.25, -0.2) is 0 Å². The van der Waals surface area contributed by atoms with Crippen LogP contribution in [0.2, 0.25) is 0 Å². The highest BCUT2D eigenvalue weighted by atomic mass is 16.5. The smallest absolute Gasteiger partial charge is 0.0989 e. The van der Waals surface area contributed by atoms with Gasteiger partial charge in [-0.3, -0.25) is 4.99 Å². The molecule has 0 spiro atoms. The minimum atomic E-state index is 0.318. The highest BCUT2D eigenvalue weighted by Crippen LogP contribution is 2.15. The number of allylic oxidation sites excluding steroid dienone is 1. The zero-order valence-electron chi connectivity index (χ0n) is 5.92. The van der Waals surface area contributed by atoms with Crippen LogP contribution in [-0.2, 0) is 4.74 Å². The molecular weight excluding hydrogens is 126 g/mol. The van der Waals surface area contributed by atoms with E-state index < -0.39 is 0 Å². The Bertz CT molecular complexity index is 184. The van der Waals surface area contributed by atoms with E-state index in [0.717, 1.165) is 26.0 Å². The van der Waals surface area contributed by atoms with Crippen LogP contribution in [-0.4, -0.2) is 25.0 Å². The van der Waals surface area contributed by atoms with Gasteiger partial charge < -0.3 is 4.74 Å². The van der Waals surface area contributed by atoms with Gasteiger partial charge in [0.1, 0.15) is 0 Å². The first-order chi connectivity index (χ1) is 4.97. The Morgan fingerprint density at radius 3 is 3.40 bits per heavy atom. The third-order valence-electron chi connectivity index (χ3n) is 1.94. The molecule has 1 unspecified atom stereocenters. The van der Waals surface area contributed by atoms with Crippen LogP contribution in [0.15, 0.2) is 17.1 Å². The zero-order chi connectivity index (χ0) is 6.81. The largest absolute Gasteiger partial charge is 0.370 e. The van der Waals surface area contributed by atoms with Crippen molar-refractivity contribution >= 4 is 5.71 Å². The number of rotatable bonds is 0. The Morgan fingerprint density at radius 1 is 1.50 bits per heavy atom. The summed E-state index contributed by atoms with van der Waals surface area (Å²) in [4.78, 5) is 4.39. The predicted molar refractivity (Wildman–Crippen MR) is 40.4 cm³/mol. The lowest BCUT2D eigenvalue weighted by atomic mass is 10.0. The minimum absolute atomic E-state index is 0.318. The van der Waals surface area contributed by atoms with Crippen LogP contribution >= 0.6 is 0 Å². The second kappa shape index (κ2) is 2.54. The Morgan fingerprint density at radius 2 is 2.50 bits per heavy atom. The Balaban J connectivity index is 2.17. The molecule has 0 aromatic heterocycles. The van der Waals surface area contributed by atoms with Crippen molar-refractivity contribution in [1.29, 1.82) is 0 Å². The summed E-state index contributed by atoms with van der Waals surface area (Å²) in [6, 6.07) is 0. The maximum absolute atomic E-state index is 5.50. The van der Waals surface area contributed by atoms with Gasteiger partial charge in [0.15, 0.2) is 0 Å². The van der Waals surface area contributed by atoms with Crippen molar-refractivity contribution in [2.45, 2.75) is 18.9 Å². The third kappa shape index (κ3) is 0.991. The van der Waals surface area contributed by atoms with Crippen LogP contribution in [0, 0.1) is 0 Å². The second-order valence-corrected chi connectivity index (χ2v) is 2.64. The summed E-state index contributed by atoms with van der Waals surface area (Å²) < 4.78 is 5.50. The minimum Gasteiger partial charge on any atom is -0.370 e. The van der Waals surface area contributed by atoms with Crippen molar-refractivity contribution in [2.75, 3.05) is 13.2 Å². The van der Waals surface area contributed by atoms with Crippen LogP contribution in [0.25, 0.3) is 0 Å². The van der Waals surface area contributed by atoms with Gasteiger partial charge in [-0.1, -0.05) is 12.2 Å². The Hall–Kier alpha value is -0.630. The summed E-state index contributed by atoms with van der Waals surface area (Å²) in [5.41, 5.74) is 1.24. The van der Waals surface area contributed by atoms with Gasteiger partial charge in [0.2, 0.25) is 0 Å². The van der Waals surface area contributed by atoms with E-state index in [0.29, 0.717) is 6.10 Å². The molecule has 1 aliphatic heterocycles. The lowest BCUT2D eigenvalue weighted by Crippen LogP contribution is -2.31. The molecule has 0 saturated heterocycles. The first-order valence-electron chi connectivity index (χ1n) is 3.76. The average Bonchev–Trinajstić information content (AvgIpc) is 2.05. The van der Waals surface area contributed by atoms with Gasteiger partial charge in [0.25, 0.3) is 0 Å². The number of nitrogens with zero attached hydrogens (tertiary/aromatic N) is 1. The summed E-state index contributed by atoms with van der Waals surface area (Å²) in [6.07, 6.45) is 6.70. The molecule has 1 heterocycles. The third-order valence-corrected chi connectivity index (χ3v) is 1.94. The fourth-order valence-corrected chi connectivity index (χ4v) is 1.41. The molecule has 0 amide bonds. The first kappa shape index (κ1) is 6.10. The van der Waals surface area contributed by atoms with Crippen molar-refractivity contribution < 1.29 is 4.74 Å². The molecule has 10 heavy (non-hydrogen) atoms. The quantitative estimate of drug-likeness (QED) is 0.459. The molecule has 2 rings (SSSR count). The van der Waals surface area contributed by atoms with Crippen LogP contribution < -0.4 is 0 Å². The molecule has 0 fully saturated rings. The summed E-state index contributed by atoms with van der Waals surface area (Å²) >= 11 is 0. The van der Waals surface area contributed by atoms with Crippen molar-refractivity contribution in [2.24, 2.45) is 4.99 Å². The van der Waals surface area contributed by atoms with E-state index in [1.165, 1.54) is 5.71 Å². The Labute approximate surface area is 60.6 Å². The standard InChI is InChI=1S/C8H11NO/c1-2-4-8-7(3-1)9-5-6-10-8/h1-2,8H,3-6H2. The van der Waals surface area contributed by atoms with Crippen molar-refractivity contribution in [1.82, 2.24) is 0 Å². The topological polar surface area (TPSA) is 21.6 Å². The van der Waals surface area contributed by atoms with Crippen molar-refractivity contribution in [3.05, 3.63) is 12.2 Å². The average molecular weight is 137 g/mol. The molecule has 0 aromatic rings. The molecule has 2 nitrogen and oxygen atoms in total. The normalized spacial score (nSPS) is 31.2. The highest BCUT2D eigenvalue weighted by molar-refractivity contribution is 5.91. The van der Waals surface area contributed by atoms with E-state index in [2.05, 4.69) is 17.1 Å². The number of fused-ring (bicyclic) bond motifs is 1. The number of ether oxygens (including phenoxy) is 1. The van der Waals surface area contributed by atoms with Gasteiger partial charge in [0, 0.05) is 12.1 Å². The maximum Gasteiger partial charge on any atom is 0.0989 e. The fourth-order valence-electron chi connectivity index (χ4n) is 1.41. The van der Waals surface area contributed by atoms with Gasteiger partial charge in [-0.15, -0.1) is 0 Å². The predicted octanol–water partition coefficient (Wildman–Crippen LogP) is 1.18. The van der Waals surface area contributed by atoms with E-state index in [4.69, 9.17) is 4.74 Å². The molecule has 0 saturated carbocycles. The monoisotopic (exact) mass is 137 g/mol. The number of aliphatic imine (C=N–C) groups is 1. The number of hydrogen-bond donors (Lipinski definition) is 0. The van der Waals surface area contributed by atoms with Crippen molar-refractivity contribution in [3.63, 3.8) is 0 Å². The molecule has 0 radical (unpaired) electrons. The van der Waals surface area contributed by atoms with E-state index in [-0.39, 0.29) is 0 Å². The number of hydrogen-bond acceptors (Lipinski definition) is 2. The summed E-state index contributed by atoms with van der Waals surface area (Å²) in [6.45, 7) is 1.67. The lowest BCUT2D eigenvalue weighted by molar-refractivity contribution is 0.0946. The van der Waals surface area contributed by atoms with Crippen LogP contribution in [0.4, 0.5) is 0 Å². The zero-order valence-corrected chi connectivity index (χ0v) is 5.92. The highest BCUT2D eigenvalue weighted by Gasteiger charge is 2.19. The van der Waals surface area contributed by atoms with E-state index in [9.17, 15) is 0 Å². The molecule has 0 bridgehead atoms. The van der Waals surface area contributed by atoms with E-state index in [1.54, 1.807) is 0 Å². The summed E-state index contributed by atoms with van der Waals surface area (Å²) in [5.74, 6) is 0. The van der Waals surface area contributed by atoms with Gasteiger partial charge in [-0.2, -0.15) is 0 Å². The van der Waals surface area contributed by atoms with E-state index >= 15 is 0 Å². The fraction of sp³-hybridized carbons (Fsp3) is 0.625. The SMILES string of the molecule is C1=CCC2OCCN=C2C1. The van der Waals surface area contributed by atoms with Gasteiger partial charge >= 0.3 is 0 Å². The van der Waals surface area contributed by atoms with Crippen LogP contribution in [0.5, 0.6) is 0 Å². The molecule has 0 N–H and O–H groups in total. The summed E-state index contributed by atoms with van der Waals surface area (Å²) in [5, 5.41) is 0. The Kier molecular flexibility index (Phi) is 1.55. The van der Waals surface area contributed by atoms with Gasteiger partial charge in [0.05, 0.1) is 19.3 Å². The van der Waals surface area contributed by atoms with E-state index in [1.807, 2.05) is 0 Å². The van der Waals surface area contributed by atoms with Gasteiger partial charge in [-0.05, 0) is 6.42 Å². The molecule has 0 aromatic carbocycles. The summed E-state index contributed by atoms with van der Waals surface area (Å²) in [7, 11) is 0. The molecular formula is C8H11NO. The van der Waals surface area contributed by atoms with Crippen LogP contribution in [0.3, 0.4) is 0 Å². The molecule has 1 atom stereocenters.